The molecule has 1 aromatic heterocycles. The van der Waals surface area contributed by atoms with Crippen molar-refractivity contribution in [2.75, 3.05) is 37.4 Å². The predicted molar refractivity (Wildman–Crippen MR) is 116 cm³/mol. The number of nitrogens with zero attached hydrogens (tertiary/aromatic N) is 2. The summed E-state index contributed by atoms with van der Waals surface area (Å²) in [5.74, 6) is 0.161. The summed E-state index contributed by atoms with van der Waals surface area (Å²) in [5, 5.41) is 4.49. The Labute approximate surface area is 168 Å². The van der Waals surface area contributed by atoms with Crippen LogP contribution in [-0.2, 0) is 9.53 Å². The van der Waals surface area contributed by atoms with Crippen LogP contribution in [0.1, 0.15) is 46.5 Å². The lowest BCUT2D eigenvalue weighted by Gasteiger charge is -2.33. The fourth-order valence-electron chi connectivity index (χ4n) is 3.57. The van der Waals surface area contributed by atoms with E-state index in [4.69, 9.17) is 10.5 Å². The van der Waals surface area contributed by atoms with Crippen molar-refractivity contribution >= 4 is 28.2 Å². The number of anilines is 2. The first-order valence-electron chi connectivity index (χ1n) is 10.4. The Bertz CT molecular complexity index is 744. The lowest BCUT2D eigenvalue weighted by atomic mass is 10.1. The average molecular weight is 387 g/mol. The number of fused-ring (bicyclic) bond motifs is 1. The normalized spacial score (nSPS) is 14.2. The molecule has 154 valence electrons. The first-order chi connectivity index (χ1) is 13.7. The highest BCUT2D eigenvalue weighted by Crippen LogP contribution is 2.27. The molecule has 6 nitrogen and oxygen atoms in total. The predicted octanol–water partition coefficient (Wildman–Crippen LogP) is 4.06. The van der Waals surface area contributed by atoms with Gasteiger partial charge in [0.25, 0.3) is 0 Å². The van der Waals surface area contributed by atoms with Gasteiger partial charge in [0.2, 0.25) is 5.91 Å². The Kier molecular flexibility index (Phi) is 9.01. The molecule has 0 atom stereocenters. The van der Waals surface area contributed by atoms with Crippen LogP contribution < -0.4 is 11.1 Å². The number of benzene rings is 1. The summed E-state index contributed by atoms with van der Waals surface area (Å²) in [7, 11) is 0. The number of hydrogen-bond donors (Lipinski definition) is 2. The lowest BCUT2D eigenvalue weighted by molar-refractivity contribution is -0.133. The number of hydrogen-bond acceptors (Lipinski definition) is 5. The number of nitrogen functional groups attached to an aromatic ring is 1. The monoisotopic (exact) mass is 386 g/mol. The molecular formula is C22H34N4O2. The first-order valence-corrected chi connectivity index (χ1v) is 10.4. The molecule has 3 N–H and O–H groups in total. The third-order valence-electron chi connectivity index (χ3n) is 4.97. The topological polar surface area (TPSA) is 80.5 Å². The van der Waals surface area contributed by atoms with Gasteiger partial charge in [0, 0.05) is 44.7 Å². The largest absolute Gasteiger partial charge is 0.396 e. The number of aromatic nitrogens is 1. The van der Waals surface area contributed by atoms with Crippen molar-refractivity contribution in [3.63, 3.8) is 0 Å². The Morgan fingerprint density at radius 3 is 2.68 bits per heavy atom. The first kappa shape index (κ1) is 22.0. The molecular weight excluding hydrogens is 352 g/mol. The summed E-state index contributed by atoms with van der Waals surface area (Å²) in [5.41, 5.74) is 8.64. The molecule has 0 aliphatic carbocycles. The number of amides is 1. The van der Waals surface area contributed by atoms with Crippen LogP contribution in [0.3, 0.4) is 0 Å². The number of carbonyl (C=O) groups excluding carboxylic acids is 1. The standard InChI is InChI=1S/C20H28N4O2.C2H6/c1-15(25)24(16-8-12-26-13-9-16)11-5-4-10-22-20-17-6-2-3-7-19(17)23-14-18(20)21;1-2/h2-3,6-7,14,16H,4-5,8-13,21H2,1H3,(H,22,23);1-2H3. The van der Waals surface area contributed by atoms with Crippen LogP contribution >= 0.6 is 0 Å². The van der Waals surface area contributed by atoms with Gasteiger partial charge in [0.05, 0.1) is 23.1 Å². The van der Waals surface area contributed by atoms with Crippen molar-refractivity contribution in [3.8, 4) is 0 Å². The second-order valence-corrected chi connectivity index (χ2v) is 6.80. The van der Waals surface area contributed by atoms with Gasteiger partial charge in [0.15, 0.2) is 0 Å². The molecule has 1 aliphatic rings. The van der Waals surface area contributed by atoms with E-state index in [9.17, 15) is 4.79 Å². The highest BCUT2D eigenvalue weighted by atomic mass is 16.5. The van der Waals surface area contributed by atoms with Crippen LogP contribution in [0.15, 0.2) is 30.5 Å². The molecule has 28 heavy (non-hydrogen) atoms. The Morgan fingerprint density at radius 1 is 1.25 bits per heavy atom. The molecule has 6 heteroatoms. The lowest BCUT2D eigenvalue weighted by Crippen LogP contribution is -2.42. The number of ether oxygens (including phenoxy) is 1. The highest BCUT2D eigenvalue weighted by molar-refractivity contribution is 5.96. The van der Waals surface area contributed by atoms with Crippen LogP contribution in [0.5, 0.6) is 0 Å². The Hall–Kier alpha value is -2.34. The van der Waals surface area contributed by atoms with E-state index in [1.807, 2.05) is 43.0 Å². The summed E-state index contributed by atoms with van der Waals surface area (Å²) in [6.45, 7) is 8.79. The molecule has 0 radical (unpaired) electrons. The summed E-state index contributed by atoms with van der Waals surface area (Å²) in [6, 6.07) is 8.31. The van der Waals surface area contributed by atoms with Gasteiger partial charge >= 0.3 is 0 Å². The van der Waals surface area contributed by atoms with E-state index in [0.29, 0.717) is 11.7 Å². The van der Waals surface area contributed by atoms with Gasteiger partial charge in [-0.2, -0.15) is 0 Å². The van der Waals surface area contributed by atoms with Gasteiger partial charge in [0.1, 0.15) is 0 Å². The Morgan fingerprint density at radius 2 is 1.96 bits per heavy atom. The molecule has 2 heterocycles. The Balaban J connectivity index is 0.00000136. The van der Waals surface area contributed by atoms with E-state index in [0.717, 1.165) is 68.6 Å². The molecule has 1 aromatic carbocycles. The van der Waals surface area contributed by atoms with Gasteiger partial charge in [-0.15, -0.1) is 0 Å². The van der Waals surface area contributed by atoms with E-state index in [2.05, 4.69) is 10.3 Å². The van der Waals surface area contributed by atoms with Gasteiger partial charge in [-0.1, -0.05) is 32.0 Å². The minimum Gasteiger partial charge on any atom is -0.396 e. The maximum absolute atomic E-state index is 12.0. The summed E-state index contributed by atoms with van der Waals surface area (Å²) in [6.07, 6.45) is 5.53. The van der Waals surface area contributed by atoms with Crippen molar-refractivity contribution in [3.05, 3.63) is 30.5 Å². The fraction of sp³-hybridized carbons (Fsp3) is 0.545. The van der Waals surface area contributed by atoms with Gasteiger partial charge in [-0.25, -0.2) is 0 Å². The third kappa shape index (κ3) is 5.83. The molecule has 0 bridgehead atoms. The third-order valence-corrected chi connectivity index (χ3v) is 4.97. The maximum Gasteiger partial charge on any atom is 0.219 e. The van der Waals surface area contributed by atoms with Gasteiger partial charge in [-0.05, 0) is 31.7 Å². The minimum absolute atomic E-state index is 0.161. The summed E-state index contributed by atoms with van der Waals surface area (Å²) < 4.78 is 5.40. The van der Waals surface area contributed by atoms with Gasteiger partial charge in [-0.3, -0.25) is 9.78 Å². The average Bonchev–Trinajstić information content (AvgIpc) is 2.73. The zero-order chi connectivity index (χ0) is 20.4. The van der Waals surface area contributed by atoms with Crippen LogP contribution in [-0.4, -0.2) is 48.1 Å². The molecule has 1 amide bonds. The summed E-state index contributed by atoms with van der Waals surface area (Å²) >= 11 is 0. The number of rotatable bonds is 7. The SMILES string of the molecule is CC.CC(=O)N(CCCCNc1c(N)cnc2ccccc12)C1CCOCC1. The van der Waals surface area contributed by atoms with E-state index in [1.54, 1.807) is 13.1 Å². The van der Waals surface area contributed by atoms with Crippen molar-refractivity contribution in [2.45, 2.75) is 52.5 Å². The van der Waals surface area contributed by atoms with Gasteiger partial charge < -0.3 is 20.7 Å². The summed E-state index contributed by atoms with van der Waals surface area (Å²) in [4.78, 5) is 18.3. The number of para-hydroxylation sites is 1. The zero-order valence-electron chi connectivity index (χ0n) is 17.4. The van der Waals surface area contributed by atoms with Crippen LogP contribution in [0.2, 0.25) is 0 Å². The highest BCUT2D eigenvalue weighted by Gasteiger charge is 2.22. The van der Waals surface area contributed by atoms with Crippen LogP contribution in [0.25, 0.3) is 10.9 Å². The van der Waals surface area contributed by atoms with Crippen LogP contribution in [0, 0.1) is 0 Å². The number of nitrogens with two attached hydrogens (primary N) is 1. The molecule has 1 saturated heterocycles. The van der Waals surface area contributed by atoms with E-state index >= 15 is 0 Å². The number of nitrogens with one attached hydrogen (secondary N) is 1. The van der Waals surface area contributed by atoms with E-state index < -0.39 is 0 Å². The van der Waals surface area contributed by atoms with Crippen LogP contribution in [0.4, 0.5) is 11.4 Å². The van der Waals surface area contributed by atoms with E-state index in [1.165, 1.54) is 0 Å². The van der Waals surface area contributed by atoms with E-state index in [-0.39, 0.29) is 5.91 Å². The smallest absolute Gasteiger partial charge is 0.219 e. The van der Waals surface area contributed by atoms with Crippen molar-refractivity contribution in [1.29, 1.82) is 0 Å². The minimum atomic E-state index is 0.161. The van der Waals surface area contributed by atoms with Crippen molar-refractivity contribution < 1.29 is 9.53 Å². The number of carbonyl (C=O) groups is 1. The molecule has 3 rings (SSSR count). The molecule has 2 aromatic rings. The van der Waals surface area contributed by atoms with Crippen molar-refractivity contribution in [1.82, 2.24) is 9.88 Å². The molecule has 1 fully saturated rings. The van der Waals surface area contributed by atoms with Crippen molar-refractivity contribution in [2.24, 2.45) is 0 Å². The molecule has 1 aliphatic heterocycles. The second-order valence-electron chi connectivity index (χ2n) is 6.80. The molecule has 0 saturated carbocycles. The quantitative estimate of drug-likeness (QED) is 0.701. The molecule has 0 unspecified atom stereocenters. The zero-order valence-corrected chi connectivity index (χ0v) is 17.4. The fourth-order valence-corrected chi connectivity index (χ4v) is 3.57. The maximum atomic E-state index is 12.0. The second kappa shape index (κ2) is 11.5. The number of unbranched alkanes of at least 4 members (excludes halogenated alkanes) is 1. The number of pyridine rings is 1. The molecule has 0 spiro atoms.